The lowest BCUT2D eigenvalue weighted by Crippen LogP contribution is -2.29. The Morgan fingerprint density at radius 2 is 1.91 bits per heavy atom. The smallest absolute Gasteiger partial charge is 0.301 e. The molecular weight excluding hydrogens is 476 g/mol. The van der Waals surface area contributed by atoms with Gasteiger partial charge in [-0.05, 0) is 55.8 Å². The molecule has 0 saturated carbocycles. The fourth-order valence-corrected chi connectivity index (χ4v) is 4.98. The minimum absolute atomic E-state index is 0.0850. The first kappa shape index (κ1) is 23.7. The molecule has 1 aromatic heterocycles. The Morgan fingerprint density at radius 1 is 1.21 bits per heavy atom. The fraction of sp³-hybridized carbons (Fsp3) is 0.200. The normalized spacial score (nSPS) is 17.3. The molecule has 1 saturated heterocycles. The van der Waals surface area contributed by atoms with Gasteiger partial charge in [0.15, 0.2) is 10.9 Å². The Kier molecular flexibility index (Phi) is 6.54. The maximum atomic E-state index is 13.3. The van der Waals surface area contributed by atoms with Gasteiger partial charge in [0.25, 0.3) is 5.78 Å². The Balaban J connectivity index is 1.95. The van der Waals surface area contributed by atoms with Gasteiger partial charge in [-0.15, -0.1) is 0 Å². The van der Waals surface area contributed by atoms with Crippen molar-refractivity contribution >= 4 is 51.3 Å². The van der Waals surface area contributed by atoms with Crippen molar-refractivity contribution < 1.29 is 24.2 Å². The highest BCUT2D eigenvalue weighted by Gasteiger charge is 2.48. The van der Waals surface area contributed by atoms with E-state index >= 15 is 0 Å². The molecule has 2 heterocycles. The number of anilines is 1. The first-order valence-corrected chi connectivity index (χ1v) is 11.7. The number of Topliss-reactive ketones (excluding diaryl/α,β-unsaturated/α-hetero) is 2. The third-order valence-corrected chi connectivity index (χ3v) is 6.87. The van der Waals surface area contributed by atoms with Gasteiger partial charge in [-0.25, -0.2) is 4.98 Å². The molecule has 1 N–H and O–H groups in total. The van der Waals surface area contributed by atoms with Gasteiger partial charge >= 0.3 is 5.91 Å². The van der Waals surface area contributed by atoms with E-state index in [0.717, 1.165) is 11.3 Å². The van der Waals surface area contributed by atoms with Crippen molar-refractivity contribution in [3.8, 4) is 5.75 Å². The summed E-state index contributed by atoms with van der Waals surface area (Å²) in [5, 5.41) is 11.8. The average molecular weight is 497 g/mol. The largest absolute Gasteiger partial charge is 0.507 e. The van der Waals surface area contributed by atoms with E-state index in [1.807, 2.05) is 6.92 Å². The summed E-state index contributed by atoms with van der Waals surface area (Å²) >= 11 is 7.00. The van der Waals surface area contributed by atoms with Gasteiger partial charge in [0, 0.05) is 17.5 Å². The number of rotatable bonds is 6. The van der Waals surface area contributed by atoms with Gasteiger partial charge < -0.3 is 9.84 Å². The van der Waals surface area contributed by atoms with E-state index in [0.29, 0.717) is 39.1 Å². The van der Waals surface area contributed by atoms with Crippen molar-refractivity contribution in [3.63, 3.8) is 0 Å². The zero-order valence-corrected chi connectivity index (χ0v) is 20.2. The number of carbonyl (C=O) groups excluding carboxylic acids is 3. The van der Waals surface area contributed by atoms with Gasteiger partial charge in [-0.2, -0.15) is 0 Å². The summed E-state index contributed by atoms with van der Waals surface area (Å²) in [6.07, 6.45) is 0. The molecule has 1 fully saturated rings. The number of nitrogens with zero attached hydrogens (tertiary/aromatic N) is 2. The maximum absolute atomic E-state index is 13.3. The number of benzene rings is 2. The summed E-state index contributed by atoms with van der Waals surface area (Å²) in [5.74, 6) is -1.65. The SMILES string of the molecule is CCOc1cccc(C2/C(=C(\O)c3ccc(Cl)cc3)C(=O)C(=O)N2c2nc(C)c(C(C)=O)s2)c1. The molecule has 34 heavy (non-hydrogen) atoms. The van der Waals surface area contributed by atoms with E-state index in [4.69, 9.17) is 16.3 Å². The lowest BCUT2D eigenvalue weighted by molar-refractivity contribution is -0.132. The Hall–Kier alpha value is -3.49. The highest BCUT2D eigenvalue weighted by Crippen LogP contribution is 2.44. The third kappa shape index (κ3) is 4.22. The number of carbonyl (C=O) groups is 3. The second-order valence-corrected chi connectivity index (χ2v) is 9.06. The minimum atomic E-state index is -0.971. The number of hydrogen-bond donors (Lipinski definition) is 1. The standard InChI is InChI=1S/C25H21ClN2O5S/c1-4-33-18-7-5-6-16(12-18)20-19(21(30)15-8-10-17(26)11-9-15)22(31)24(32)28(20)25-27-13(2)23(34-25)14(3)29/h5-12,20,30H,4H2,1-3H3/b21-19+. The van der Waals surface area contributed by atoms with Crippen molar-refractivity contribution in [2.45, 2.75) is 26.8 Å². The molecule has 0 spiro atoms. The quantitative estimate of drug-likeness (QED) is 0.214. The molecule has 0 aliphatic carbocycles. The van der Waals surface area contributed by atoms with Gasteiger partial charge in [0.2, 0.25) is 0 Å². The summed E-state index contributed by atoms with van der Waals surface area (Å²) < 4.78 is 5.61. The van der Waals surface area contributed by atoms with Crippen LogP contribution in [0.1, 0.15) is 46.4 Å². The number of aliphatic hydroxyl groups excluding tert-OH is 1. The van der Waals surface area contributed by atoms with Crippen molar-refractivity contribution in [1.29, 1.82) is 0 Å². The van der Waals surface area contributed by atoms with Crippen molar-refractivity contribution in [3.05, 3.63) is 80.8 Å². The van der Waals surface area contributed by atoms with Crippen molar-refractivity contribution in [2.75, 3.05) is 11.5 Å². The van der Waals surface area contributed by atoms with Gasteiger partial charge in [-0.3, -0.25) is 19.3 Å². The van der Waals surface area contributed by atoms with E-state index < -0.39 is 17.7 Å². The monoisotopic (exact) mass is 496 g/mol. The molecule has 1 amide bonds. The second-order valence-electron chi connectivity index (χ2n) is 7.65. The highest BCUT2D eigenvalue weighted by atomic mass is 35.5. The van der Waals surface area contributed by atoms with E-state index in [1.165, 1.54) is 11.8 Å². The van der Waals surface area contributed by atoms with E-state index in [9.17, 15) is 19.5 Å². The van der Waals surface area contributed by atoms with E-state index in [2.05, 4.69) is 4.98 Å². The lowest BCUT2D eigenvalue weighted by atomic mass is 9.95. The van der Waals surface area contributed by atoms with E-state index in [-0.39, 0.29) is 22.2 Å². The highest BCUT2D eigenvalue weighted by molar-refractivity contribution is 7.18. The van der Waals surface area contributed by atoms with E-state index in [1.54, 1.807) is 55.5 Å². The molecule has 1 unspecified atom stereocenters. The molecule has 1 aliphatic rings. The second kappa shape index (κ2) is 9.40. The van der Waals surface area contributed by atoms with Gasteiger partial charge in [-0.1, -0.05) is 35.1 Å². The zero-order valence-electron chi connectivity index (χ0n) is 18.7. The lowest BCUT2D eigenvalue weighted by Gasteiger charge is -2.23. The summed E-state index contributed by atoms with van der Waals surface area (Å²) in [5.41, 5.74) is 1.28. The molecule has 4 rings (SSSR count). The van der Waals surface area contributed by atoms with Crippen LogP contribution < -0.4 is 9.64 Å². The number of aliphatic hydroxyl groups is 1. The van der Waals surface area contributed by atoms with Crippen LogP contribution in [0.4, 0.5) is 5.13 Å². The van der Waals surface area contributed by atoms with Gasteiger partial charge in [0.1, 0.15) is 11.5 Å². The number of aromatic nitrogens is 1. The number of ketones is 2. The maximum Gasteiger partial charge on any atom is 0.301 e. The van der Waals surface area contributed by atoms with Crippen molar-refractivity contribution in [1.82, 2.24) is 4.98 Å². The Morgan fingerprint density at radius 3 is 2.53 bits per heavy atom. The number of halogens is 1. The number of thiazole rings is 1. The molecule has 174 valence electrons. The molecule has 3 aromatic rings. The molecule has 0 bridgehead atoms. The van der Waals surface area contributed by atoms with Crippen LogP contribution in [-0.4, -0.2) is 34.2 Å². The number of hydrogen-bond acceptors (Lipinski definition) is 7. The predicted molar refractivity (Wildman–Crippen MR) is 131 cm³/mol. The number of aryl methyl sites for hydroxylation is 1. The topological polar surface area (TPSA) is 96.8 Å². The molecule has 1 atom stereocenters. The molecule has 2 aromatic carbocycles. The first-order valence-electron chi connectivity index (χ1n) is 10.5. The zero-order chi connectivity index (χ0) is 24.6. The minimum Gasteiger partial charge on any atom is -0.507 e. The van der Waals surface area contributed by atoms with Crippen LogP contribution in [0.2, 0.25) is 5.02 Å². The van der Waals surface area contributed by atoms with Crippen LogP contribution in [0.5, 0.6) is 5.75 Å². The fourth-order valence-electron chi connectivity index (χ4n) is 3.86. The summed E-state index contributed by atoms with van der Waals surface area (Å²) in [4.78, 5) is 44.5. The van der Waals surface area contributed by atoms with Crippen LogP contribution in [0.3, 0.4) is 0 Å². The number of amides is 1. The molecule has 9 heteroatoms. The van der Waals surface area contributed by atoms with Crippen LogP contribution >= 0.6 is 22.9 Å². The summed E-state index contributed by atoms with van der Waals surface area (Å²) in [6, 6.07) is 12.3. The van der Waals surface area contributed by atoms with Crippen LogP contribution in [-0.2, 0) is 9.59 Å². The molecular formula is C25H21ClN2O5S. The van der Waals surface area contributed by atoms with Crippen LogP contribution in [0.25, 0.3) is 5.76 Å². The first-order chi connectivity index (χ1) is 16.2. The average Bonchev–Trinajstić information content (AvgIpc) is 3.31. The van der Waals surface area contributed by atoms with Crippen LogP contribution in [0, 0.1) is 6.92 Å². The molecule has 0 radical (unpaired) electrons. The van der Waals surface area contributed by atoms with Crippen molar-refractivity contribution in [2.24, 2.45) is 0 Å². The number of ether oxygens (including phenoxy) is 1. The van der Waals surface area contributed by atoms with Crippen LogP contribution in [0.15, 0.2) is 54.1 Å². The summed E-state index contributed by atoms with van der Waals surface area (Å²) in [6.45, 7) is 5.37. The van der Waals surface area contributed by atoms with Gasteiger partial charge in [0.05, 0.1) is 28.8 Å². The Bertz CT molecular complexity index is 1330. The molecule has 7 nitrogen and oxygen atoms in total. The summed E-state index contributed by atoms with van der Waals surface area (Å²) in [7, 11) is 0. The predicted octanol–water partition coefficient (Wildman–Crippen LogP) is 5.33. The molecule has 1 aliphatic heterocycles. The third-order valence-electron chi connectivity index (χ3n) is 5.36. The Labute approximate surface area is 205 Å².